The van der Waals surface area contributed by atoms with Gasteiger partial charge in [0.15, 0.2) is 0 Å². The van der Waals surface area contributed by atoms with Gasteiger partial charge in [-0.1, -0.05) is 24.3 Å². The van der Waals surface area contributed by atoms with Gasteiger partial charge in [-0.05, 0) is 54.3 Å². The maximum Gasteiger partial charge on any atom is 0.335 e. The van der Waals surface area contributed by atoms with Gasteiger partial charge in [-0.3, -0.25) is 9.38 Å². The highest BCUT2D eigenvalue weighted by molar-refractivity contribution is 5.88. The van der Waals surface area contributed by atoms with Gasteiger partial charge in [-0.2, -0.15) is 0 Å². The average Bonchev–Trinajstić information content (AvgIpc) is 3.51. The number of hydrogen-bond acceptors (Lipinski definition) is 4. The molecule has 0 spiro atoms. The third-order valence-electron chi connectivity index (χ3n) is 6.23. The molecule has 8 heteroatoms. The highest BCUT2D eigenvalue weighted by atomic mass is 35.5. The lowest BCUT2D eigenvalue weighted by Crippen LogP contribution is -2.12. The van der Waals surface area contributed by atoms with E-state index < -0.39 is 5.97 Å². The quantitative estimate of drug-likeness (QED) is 0.365. The summed E-state index contributed by atoms with van der Waals surface area (Å²) in [6.45, 7) is 0. The molecule has 0 saturated heterocycles. The number of aromatic carboxylic acids is 1. The molecule has 0 atom stereocenters. The Morgan fingerprint density at radius 1 is 0.909 bits per heavy atom. The summed E-state index contributed by atoms with van der Waals surface area (Å²) in [6, 6.07) is 17.4. The molecule has 1 aliphatic carbocycles. The van der Waals surface area contributed by atoms with E-state index in [1.807, 2.05) is 36.8 Å². The lowest BCUT2D eigenvalue weighted by molar-refractivity contribution is 0.0697. The summed E-state index contributed by atoms with van der Waals surface area (Å²) in [4.78, 5) is 24.7. The minimum atomic E-state index is -0.932. The van der Waals surface area contributed by atoms with E-state index in [9.17, 15) is 4.79 Å². The molecule has 0 unspecified atom stereocenters. The second-order valence-electron chi connectivity index (χ2n) is 8.03. The Morgan fingerprint density at radius 2 is 1.67 bits per heavy atom. The highest BCUT2D eigenvalue weighted by Crippen LogP contribution is 2.53. The van der Waals surface area contributed by atoms with Crippen molar-refractivity contribution in [1.29, 1.82) is 0 Å². The van der Waals surface area contributed by atoms with Gasteiger partial charge in [-0.15, -0.1) is 24.8 Å². The third kappa shape index (κ3) is 3.71. The van der Waals surface area contributed by atoms with E-state index in [1.165, 1.54) is 5.56 Å². The number of nitrogens with zero attached hydrogens (tertiary/aromatic N) is 4. The van der Waals surface area contributed by atoms with Gasteiger partial charge in [0.05, 0.1) is 23.0 Å². The number of carboxylic acids is 1. The number of imidazole rings is 1. The van der Waals surface area contributed by atoms with Crippen molar-refractivity contribution in [3.63, 3.8) is 0 Å². The van der Waals surface area contributed by atoms with E-state index in [2.05, 4.69) is 43.6 Å². The van der Waals surface area contributed by atoms with Crippen LogP contribution in [0.2, 0.25) is 0 Å². The summed E-state index contributed by atoms with van der Waals surface area (Å²) in [5, 5.41) is 10.3. The Kier molecular flexibility index (Phi) is 5.82. The van der Waals surface area contributed by atoms with E-state index in [-0.39, 0.29) is 35.8 Å². The predicted molar refractivity (Wildman–Crippen MR) is 132 cm³/mol. The summed E-state index contributed by atoms with van der Waals surface area (Å²) < 4.78 is 2.07. The number of carbonyl (C=O) groups is 1. The first-order valence-corrected chi connectivity index (χ1v) is 10.2. The van der Waals surface area contributed by atoms with E-state index in [1.54, 1.807) is 18.3 Å². The fourth-order valence-electron chi connectivity index (χ4n) is 4.37. The fraction of sp³-hybridized carbons (Fsp3) is 0.120. The van der Waals surface area contributed by atoms with Crippen molar-refractivity contribution in [2.75, 3.05) is 0 Å². The molecule has 0 amide bonds. The molecule has 1 N–H and O–H groups in total. The van der Waals surface area contributed by atoms with Gasteiger partial charge < -0.3 is 5.11 Å². The summed E-state index contributed by atoms with van der Waals surface area (Å²) in [5.74, 6) is -0.270. The molecule has 166 valence electrons. The molecule has 0 bridgehead atoms. The number of carboxylic acid groups (broad SMARTS) is 1. The Balaban J connectivity index is 0.00000130. The Bertz CT molecular complexity index is 1480. The maximum absolute atomic E-state index is 11.1. The molecule has 3 aromatic heterocycles. The van der Waals surface area contributed by atoms with Crippen molar-refractivity contribution in [1.82, 2.24) is 19.4 Å². The first-order valence-electron chi connectivity index (χ1n) is 10.2. The smallest absolute Gasteiger partial charge is 0.335 e. The third-order valence-corrected chi connectivity index (χ3v) is 6.23. The molecule has 33 heavy (non-hydrogen) atoms. The van der Waals surface area contributed by atoms with Gasteiger partial charge in [0.25, 0.3) is 0 Å². The van der Waals surface area contributed by atoms with Crippen LogP contribution in [-0.4, -0.2) is 30.4 Å². The molecule has 0 radical (unpaired) electrons. The molecule has 6 nitrogen and oxygen atoms in total. The molecule has 3 heterocycles. The van der Waals surface area contributed by atoms with Gasteiger partial charge in [0.1, 0.15) is 0 Å². The number of aromatic nitrogens is 4. The van der Waals surface area contributed by atoms with Crippen molar-refractivity contribution in [2.45, 2.75) is 18.3 Å². The van der Waals surface area contributed by atoms with Crippen molar-refractivity contribution in [3.05, 3.63) is 96.2 Å². The van der Waals surface area contributed by atoms with Gasteiger partial charge in [-0.25, -0.2) is 14.8 Å². The van der Waals surface area contributed by atoms with Crippen LogP contribution in [0, 0.1) is 0 Å². The summed E-state index contributed by atoms with van der Waals surface area (Å²) >= 11 is 0. The van der Waals surface area contributed by atoms with Gasteiger partial charge >= 0.3 is 5.97 Å². The Morgan fingerprint density at radius 3 is 2.39 bits per heavy atom. The Hall–Kier alpha value is -3.48. The largest absolute Gasteiger partial charge is 0.478 e. The van der Waals surface area contributed by atoms with E-state index in [4.69, 9.17) is 5.11 Å². The summed E-state index contributed by atoms with van der Waals surface area (Å²) in [7, 11) is 0. The number of benzene rings is 2. The predicted octanol–water partition coefficient (Wildman–Crippen LogP) is 5.57. The SMILES string of the molecule is Cl.Cl.O=C(O)c1ccc(-c2cnc3ncc(C4(c5ccc6ncccc6c5)CC4)n3c2)cc1. The molecule has 1 aliphatic rings. The first kappa shape index (κ1) is 22.7. The summed E-state index contributed by atoms with van der Waals surface area (Å²) in [6.07, 6.45) is 9.69. The van der Waals surface area contributed by atoms with Crippen LogP contribution in [0.1, 0.15) is 34.5 Å². The second-order valence-corrected chi connectivity index (χ2v) is 8.03. The Labute approximate surface area is 202 Å². The van der Waals surface area contributed by atoms with E-state index in [0.717, 1.165) is 40.6 Å². The van der Waals surface area contributed by atoms with Crippen LogP contribution < -0.4 is 0 Å². The van der Waals surface area contributed by atoms with Crippen LogP contribution in [0.5, 0.6) is 0 Å². The summed E-state index contributed by atoms with van der Waals surface area (Å²) in [5.41, 5.74) is 5.42. The molecule has 1 fully saturated rings. The lowest BCUT2D eigenvalue weighted by atomic mass is 9.91. The van der Waals surface area contributed by atoms with Gasteiger partial charge in [0, 0.05) is 35.0 Å². The monoisotopic (exact) mass is 478 g/mol. The minimum Gasteiger partial charge on any atom is -0.478 e. The number of halogens is 2. The number of fused-ring (bicyclic) bond motifs is 2. The van der Waals surface area contributed by atoms with Crippen molar-refractivity contribution < 1.29 is 9.90 Å². The highest BCUT2D eigenvalue weighted by Gasteiger charge is 2.48. The molecule has 1 saturated carbocycles. The van der Waals surface area contributed by atoms with Crippen molar-refractivity contribution in [2.24, 2.45) is 0 Å². The average molecular weight is 479 g/mol. The van der Waals surface area contributed by atoms with E-state index in [0.29, 0.717) is 5.78 Å². The van der Waals surface area contributed by atoms with Crippen LogP contribution in [0.25, 0.3) is 27.8 Å². The molecule has 6 rings (SSSR count). The van der Waals surface area contributed by atoms with Crippen molar-refractivity contribution in [3.8, 4) is 11.1 Å². The normalized spacial score (nSPS) is 13.8. The van der Waals surface area contributed by atoms with Crippen molar-refractivity contribution >= 4 is 47.5 Å². The maximum atomic E-state index is 11.1. The molecular weight excluding hydrogens is 459 g/mol. The number of hydrogen-bond donors (Lipinski definition) is 1. The zero-order chi connectivity index (χ0) is 21.0. The number of rotatable bonds is 4. The lowest BCUT2D eigenvalue weighted by Gasteiger charge is -2.16. The van der Waals surface area contributed by atoms with Crippen LogP contribution >= 0.6 is 24.8 Å². The first-order chi connectivity index (χ1) is 15.1. The van der Waals surface area contributed by atoms with Crippen LogP contribution in [0.3, 0.4) is 0 Å². The molecule has 5 aromatic rings. The van der Waals surface area contributed by atoms with Gasteiger partial charge in [0.2, 0.25) is 5.78 Å². The topological polar surface area (TPSA) is 80.4 Å². The number of pyridine rings is 1. The second kappa shape index (κ2) is 8.46. The van der Waals surface area contributed by atoms with Crippen LogP contribution in [-0.2, 0) is 5.41 Å². The molecular formula is C25H20Cl2N4O2. The molecule has 2 aromatic carbocycles. The van der Waals surface area contributed by atoms with Crippen LogP contribution in [0.15, 0.2) is 79.4 Å². The molecule has 0 aliphatic heterocycles. The zero-order valence-corrected chi connectivity index (χ0v) is 19.0. The fourth-order valence-corrected chi connectivity index (χ4v) is 4.37. The van der Waals surface area contributed by atoms with Crippen LogP contribution in [0.4, 0.5) is 0 Å². The minimum absolute atomic E-state index is 0. The zero-order valence-electron chi connectivity index (χ0n) is 17.4. The standard InChI is InChI=1S/C25H18N4O2.2ClH/c30-23(31)17-5-3-16(4-6-17)19-13-27-24-28-14-22(29(24)15-19)25(9-10-25)20-7-8-21-18(12-20)2-1-11-26-21;;/h1-8,11-15H,9-10H2,(H,30,31);2*1H. The van der Waals surface area contributed by atoms with E-state index >= 15 is 0 Å².